The van der Waals surface area contributed by atoms with Crippen LogP contribution in [-0.4, -0.2) is 64.5 Å². The van der Waals surface area contributed by atoms with Crippen molar-refractivity contribution in [1.82, 2.24) is 26.3 Å². The summed E-state index contributed by atoms with van der Waals surface area (Å²) in [6.07, 6.45) is -3.11. The average molecular weight is 732 g/mol. The molecule has 0 fully saturated rings. The minimum absolute atomic E-state index is 0.0203. The summed E-state index contributed by atoms with van der Waals surface area (Å²) in [6.45, 7) is 7.46. The Morgan fingerprint density at radius 3 is 2.23 bits per heavy atom. The van der Waals surface area contributed by atoms with E-state index in [2.05, 4.69) is 26.3 Å². The molecule has 1 aromatic heterocycles. The number of aromatic nitrogens is 1. The number of carbonyl (C=O) groups is 4. The number of halogens is 4. The number of fused-ring (bicyclic) bond motifs is 3. The van der Waals surface area contributed by atoms with Gasteiger partial charge in [-0.05, 0) is 60.8 Å². The van der Waals surface area contributed by atoms with Gasteiger partial charge in [-0.2, -0.15) is 13.2 Å². The van der Waals surface area contributed by atoms with E-state index in [1.807, 2.05) is 13.8 Å². The minimum atomic E-state index is -4.64. The van der Waals surface area contributed by atoms with Crippen LogP contribution in [0.1, 0.15) is 82.2 Å². The number of amides is 4. The third-order valence-corrected chi connectivity index (χ3v) is 10.2. The Labute approximate surface area is 300 Å². The summed E-state index contributed by atoms with van der Waals surface area (Å²) in [4.78, 5) is 58.3. The van der Waals surface area contributed by atoms with E-state index >= 15 is 0 Å². The molecule has 6 N–H and O–H groups in total. The van der Waals surface area contributed by atoms with Gasteiger partial charge in [0.05, 0.1) is 17.5 Å². The summed E-state index contributed by atoms with van der Waals surface area (Å²) >= 11 is 0. The van der Waals surface area contributed by atoms with Gasteiger partial charge in [-0.15, -0.1) is 0 Å². The molecule has 0 saturated heterocycles. The Hall–Kier alpha value is -4.46. The first-order valence-electron chi connectivity index (χ1n) is 17.9. The van der Waals surface area contributed by atoms with E-state index in [0.717, 1.165) is 6.07 Å². The Balaban J connectivity index is 1.72. The van der Waals surface area contributed by atoms with Gasteiger partial charge in [-0.1, -0.05) is 70.9 Å². The second kappa shape index (κ2) is 17.4. The van der Waals surface area contributed by atoms with Crippen LogP contribution in [0.3, 0.4) is 0 Å². The SMILES string of the molecule is CCC(C)[C@H](NC(=O)Cc1ccccc1F)C(=O)N[C@]1(C(=O)N[C@H](C(=O)NCCCCO)C(C)CC)CCc2[nH]c3c(C(F)(F)F)cccc3c2C1. The van der Waals surface area contributed by atoms with E-state index in [-0.39, 0.29) is 61.2 Å². The number of aliphatic hydroxyl groups is 1. The third kappa shape index (κ3) is 9.30. The summed E-state index contributed by atoms with van der Waals surface area (Å²) in [7, 11) is 0. The van der Waals surface area contributed by atoms with E-state index in [4.69, 9.17) is 5.11 Å². The Morgan fingerprint density at radius 2 is 1.60 bits per heavy atom. The number of benzene rings is 2. The predicted molar refractivity (Wildman–Crippen MR) is 188 cm³/mol. The lowest BCUT2D eigenvalue weighted by Crippen LogP contribution is -2.67. The maximum Gasteiger partial charge on any atom is 0.418 e. The highest BCUT2D eigenvalue weighted by molar-refractivity contribution is 5.98. The zero-order valence-electron chi connectivity index (χ0n) is 30.0. The summed E-state index contributed by atoms with van der Waals surface area (Å²) in [6, 6.07) is 7.43. The van der Waals surface area contributed by atoms with Crippen LogP contribution >= 0.6 is 0 Å². The van der Waals surface area contributed by atoms with Crippen molar-refractivity contribution >= 4 is 34.5 Å². The number of alkyl halides is 3. The number of hydrogen-bond acceptors (Lipinski definition) is 5. The number of aliphatic hydroxyl groups excluding tert-OH is 1. The van der Waals surface area contributed by atoms with Crippen LogP contribution in [0, 0.1) is 17.7 Å². The van der Waals surface area contributed by atoms with Crippen molar-refractivity contribution in [2.45, 2.75) is 103 Å². The van der Waals surface area contributed by atoms with Gasteiger partial charge in [0.1, 0.15) is 23.4 Å². The van der Waals surface area contributed by atoms with Crippen LogP contribution in [0.15, 0.2) is 42.5 Å². The molecule has 3 aromatic rings. The number of aromatic amines is 1. The Kier molecular flexibility index (Phi) is 13.5. The number of hydrogen-bond donors (Lipinski definition) is 6. The maximum atomic E-state index is 14.6. The number of aryl methyl sites for hydroxylation is 1. The molecule has 0 radical (unpaired) electrons. The van der Waals surface area contributed by atoms with Gasteiger partial charge in [-0.3, -0.25) is 19.2 Å². The monoisotopic (exact) mass is 731 g/mol. The van der Waals surface area contributed by atoms with E-state index in [1.165, 1.54) is 30.3 Å². The van der Waals surface area contributed by atoms with E-state index in [0.29, 0.717) is 36.9 Å². The van der Waals surface area contributed by atoms with Crippen molar-refractivity contribution in [3.63, 3.8) is 0 Å². The van der Waals surface area contributed by atoms with Gasteiger partial charge in [0.25, 0.3) is 0 Å². The minimum Gasteiger partial charge on any atom is -0.396 e. The van der Waals surface area contributed by atoms with E-state index < -0.39 is 64.7 Å². The molecule has 0 aliphatic heterocycles. The number of unbranched alkanes of at least 4 members (excludes halogenated alkanes) is 1. The highest BCUT2D eigenvalue weighted by Gasteiger charge is 2.47. The molecule has 52 heavy (non-hydrogen) atoms. The molecule has 14 heteroatoms. The van der Waals surface area contributed by atoms with Gasteiger partial charge in [0.2, 0.25) is 23.6 Å². The van der Waals surface area contributed by atoms with Gasteiger partial charge >= 0.3 is 6.18 Å². The maximum absolute atomic E-state index is 14.6. The van der Waals surface area contributed by atoms with Crippen LogP contribution < -0.4 is 21.3 Å². The van der Waals surface area contributed by atoms with Crippen molar-refractivity contribution in [2.24, 2.45) is 11.8 Å². The number of para-hydroxylation sites is 1. The lowest BCUT2D eigenvalue weighted by atomic mass is 9.78. The smallest absolute Gasteiger partial charge is 0.396 e. The molecule has 0 saturated carbocycles. The van der Waals surface area contributed by atoms with Crippen LogP contribution in [0.2, 0.25) is 0 Å². The zero-order valence-corrected chi connectivity index (χ0v) is 30.0. The molecule has 1 aliphatic rings. The molecular formula is C38H49F4N5O5. The molecule has 2 unspecified atom stereocenters. The first-order chi connectivity index (χ1) is 24.6. The normalized spacial score (nSPS) is 18.1. The molecule has 4 amide bonds. The fourth-order valence-electron chi connectivity index (χ4n) is 6.66. The van der Waals surface area contributed by atoms with Crippen molar-refractivity contribution < 1.29 is 41.8 Å². The molecule has 284 valence electrons. The first-order valence-corrected chi connectivity index (χ1v) is 17.9. The standard InChI is InChI=1S/C38H49F4N5O5/c1-5-22(3)31(34(50)43-18-9-10-19-48)46-36(52)37(17-16-29-26(21-37)25-13-11-14-27(33(25)44-29)38(40,41)42)47-35(51)32(23(4)6-2)45-30(49)20-24-12-7-8-15-28(24)39/h7-8,11-15,22-23,31-32,44,48H,5-6,9-10,16-21H2,1-4H3,(H,43,50)(H,45,49)(H,46,52)(H,47,51)/t22?,23?,31-,32-,37+/m0/s1. The number of rotatable bonds is 16. The van der Waals surface area contributed by atoms with E-state index in [9.17, 15) is 36.7 Å². The second-order valence-electron chi connectivity index (χ2n) is 13.8. The van der Waals surface area contributed by atoms with Crippen LogP contribution in [0.4, 0.5) is 17.6 Å². The summed E-state index contributed by atoms with van der Waals surface area (Å²) in [5.74, 6) is -3.77. The van der Waals surface area contributed by atoms with Crippen molar-refractivity contribution in [1.29, 1.82) is 0 Å². The molecular weight excluding hydrogens is 682 g/mol. The van der Waals surface area contributed by atoms with Gasteiger partial charge in [-0.25, -0.2) is 4.39 Å². The Bertz CT molecular complexity index is 1740. The van der Waals surface area contributed by atoms with Crippen LogP contribution in [0.25, 0.3) is 10.9 Å². The largest absolute Gasteiger partial charge is 0.418 e. The second-order valence-corrected chi connectivity index (χ2v) is 13.8. The first kappa shape index (κ1) is 40.3. The summed E-state index contributed by atoms with van der Waals surface area (Å²) in [5.41, 5.74) is -1.63. The molecule has 4 rings (SSSR count). The summed E-state index contributed by atoms with van der Waals surface area (Å²) in [5, 5.41) is 20.6. The molecule has 10 nitrogen and oxygen atoms in total. The number of carbonyl (C=O) groups excluding carboxylic acids is 4. The lowest BCUT2D eigenvalue weighted by molar-refractivity contribution is -0.139. The lowest BCUT2D eigenvalue weighted by Gasteiger charge is -2.39. The molecule has 1 heterocycles. The molecule has 5 atom stereocenters. The highest BCUT2D eigenvalue weighted by atomic mass is 19.4. The molecule has 0 bridgehead atoms. The topological polar surface area (TPSA) is 152 Å². The fraction of sp³-hybridized carbons (Fsp3) is 0.526. The van der Waals surface area contributed by atoms with Crippen molar-refractivity contribution in [3.05, 3.63) is 70.7 Å². The number of nitrogens with one attached hydrogen (secondary N) is 5. The van der Waals surface area contributed by atoms with Crippen LogP contribution in [0.5, 0.6) is 0 Å². The average Bonchev–Trinajstić information content (AvgIpc) is 3.48. The van der Waals surface area contributed by atoms with Crippen molar-refractivity contribution in [3.8, 4) is 0 Å². The summed E-state index contributed by atoms with van der Waals surface area (Å²) < 4.78 is 56.4. The molecule has 1 aliphatic carbocycles. The fourth-order valence-corrected chi connectivity index (χ4v) is 6.66. The number of H-pyrrole nitrogens is 1. The highest BCUT2D eigenvalue weighted by Crippen LogP contribution is 2.40. The molecule has 0 spiro atoms. The van der Waals surface area contributed by atoms with Crippen molar-refractivity contribution in [2.75, 3.05) is 13.2 Å². The van der Waals surface area contributed by atoms with Gasteiger partial charge < -0.3 is 31.4 Å². The zero-order chi connectivity index (χ0) is 38.2. The molecule has 2 aromatic carbocycles. The quantitative estimate of drug-likeness (QED) is 0.0919. The van der Waals surface area contributed by atoms with Crippen LogP contribution in [-0.2, 0) is 44.6 Å². The third-order valence-electron chi connectivity index (χ3n) is 10.2. The van der Waals surface area contributed by atoms with Gasteiger partial charge in [0, 0.05) is 30.7 Å². The predicted octanol–water partition coefficient (Wildman–Crippen LogP) is 4.86. The van der Waals surface area contributed by atoms with E-state index in [1.54, 1.807) is 19.9 Å². The van der Waals surface area contributed by atoms with Gasteiger partial charge in [0.15, 0.2) is 0 Å². The Morgan fingerprint density at radius 1 is 0.923 bits per heavy atom.